The fourth-order valence-corrected chi connectivity index (χ4v) is 2.79. The zero-order valence-electron chi connectivity index (χ0n) is 8.00. The lowest BCUT2D eigenvalue weighted by atomic mass is 10.2. The highest BCUT2D eigenvalue weighted by atomic mass is 33.1. The molecule has 82 valence electrons. The molecule has 0 bridgehead atoms. The molecule has 1 unspecified atom stereocenters. The first-order chi connectivity index (χ1) is 7.20. The Labute approximate surface area is 96.1 Å². The lowest BCUT2D eigenvalue weighted by Gasteiger charge is -2.04. The minimum atomic E-state index is -0.946. The second kappa shape index (κ2) is 6.71. The second-order valence-corrected chi connectivity index (χ2v) is 5.24. The Balaban J connectivity index is 2.15. The Bertz CT molecular complexity index is 308. The third-order valence-corrected chi connectivity index (χ3v) is 3.91. The first-order valence-corrected chi connectivity index (χ1v) is 6.71. The zero-order chi connectivity index (χ0) is 11.1. The van der Waals surface area contributed by atoms with E-state index in [0.717, 1.165) is 5.03 Å². The Kier molecular flexibility index (Phi) is 5.52. The van der Waals surface area contributed by atoms with Crippen LogP contribution in [0, 0.1) is 0 Å². The van der Waals surface area contributed by atoms with Crippen molar-refractivity contribution in [3.63, 3.8) is 0 Å². The summed E-state index contributed by atoms with van der Waals surface area (Å²) in [4.78, 5) is 14.5. The lowest BCUT2D eigenvalue weighted by molar-refractivity contribution is -0.138. The Morgan fingerprint density at radius 2 is 2.40 bits per heavy atom. The summed E-state index contributed by atoms with van der Waals surface area (Å²) in [7, 11) is 3.09. The van der Waals surface area contributed by atoms with Crippen molar-refractivity contribution in [3.8, 4) is 0 Å². The van der Waals surface area contributed by atoms with Crippen molar-refractivity contribution in [1.29, 1.82) is 0 Å². The molecule has 0 aliphatic rings. The van der Waals surface area contributed by atoms with Crippen molar-refractivity contribution >= 4 is 27.6 Å². The van der Waals surface area contributed by atoms with E-state index in [4.69, 9.17) is 10.8 Å². The molecule has 0 saturated heterocycles. The van der Waals surface area contributed by atoms with Crippen LogP contribution in [0.3, 0.4) is 0 Å². The minimum absolute atomic E-state index is 0.472. The quantitative estimate of drug-likeness (QED) is 0.585. The van der Waals surface area contributed by atoms with Gasteiger partial charge >= 0.3 is 5.97 Å². The summed E-state index contributed by atoms with van der Waals surface area (Å²) < 4.78 is 0. The van der Waals surface area contributed by atoms with E-state index in [1.54, 1.807) is 17.0 Å². The Morgan fingerprint density at radius 3 is 3.00 bits per heavy atom. The van der Waals surface area contributed by atoms with Crippen molar-refractivity contribution in [2.24, 2.45) is 5.73 Å². The van der Waals surface area contributed by atoms with Crippen LogP contribution in [0.4, 0.5) is 0 Å². The first kappa shape index (κ1) is 12.4. The van der Waals surface area contributed by atoms with Gasteiger partial charge in [0, 0.05) is 11.9 Å². The molecule has 0 fully saturated rings. The van der Waals surface area contributed by atoms with Gasteiger partial charge in [-0.1, -0.05) is 16.9 Å². The van der Waals surface area contributed by atoms with Crippen LogP contribution in [0.5, 0.6) is 0 Å². The summed E-state index contributed by atoms with van der Waals surface area (Å²) in [6, 6.07) is 4.92. The molecule has 1 atom stereocenters. The highest BCUT2D eigenvalue weighted by Crippen LogP contribution is 2.29. The van der Waals surface area contributed by atoms with Crippen molar-refractivity contribution in [3.05, 3.63) is 24.4 Å². The number of aliphatic carboxylic acids is 1. The zero-order valence-corrected chi connectivity index (χ0v) is 9.63. The maximum Gasteiger partial charge on any atom is 0.320 e. The third kappa shape index (κ3) is 5.06. The predicted octanol–water partition coefficient (Wildman–Crippen LogP) is 1.62. The van der Waals surface area contributed by atoms with Gasteiger partial charge in [0.25, 0.3) is 0 Å². The van der Waals surface area contributed by atoms with Gasteiger partial charge in [0.05, 0.1) is 0 Å². The average molecular weight is 244 g/mol. The van der Waals surface area contributed by atoms with Crippen LogP contribution in [-0.2, 0) is 4.79 Å². The second-order valence-electron chi connectivity index (χ2n) is 2.81. The average Bonchev–Trinajstić information content (AvgIpc) is 2.25. The van der Waals surface area contributed by atoms with E-state index in [1.165, 1.54) is 10.8 Å². The van der Waals surface area contributed by atoms with E-state index in [1.807, 2.05) is 18.2 Å². The largest absolute Gasteiger partial charge is 0.480 e. The third-order valence-electron chi connectivity index (χ3n) is 1.61. The van der Waals surface area contributed by atoms with Crippen LogP contribution in [0.2, 0.25) is 0 Å². The smallest absolute Gasteiger partial charge is 0.320 e. The number of carboxylic acids is 1. The van der Waals surface area contributed by atoms with E-state index in [-0.39, 0.29) is 0 Å². The fraction of sp³-hybridized carbons (Fsp3) is 0.333. The summed E-state index contributed by atoms with van der Waals surface area (Å²) in [5.74, 6) is -0.243. The molecule has 0 spiro atoms. The number of pyridine rings is 1. The number of aromatic nitrogens is 1. The molecule has 6 heteroatoms. The predicted molar refractivity (Wildman–Crippen MR) is 62.8 cm³/mol. The van der Waals surface area contributed by atoms with E-state index < -0.39 is 12.0 Å². The minimum Gasteiger partial charge on any atom is -0.480 e. The van der Waals surface area contributed by atoms with Gasteiger partial charge in [-0.3, -0.25) is 4.79 Å². The summed E-state index contributed by atoms with van der Waals surface area (Å²) in [5.41, 5.74) is 5.36. The van der Waals surface area contributed by atoms with Crippen LogP contribution in [0.1, 0.15) is 6.42 Å². The fourth-order valence-electron chi connectivity index (χ4n) is 0.797. The van der Waals surface area contributed by atoms with Crippen molar-refractivity contribution in [1.82, 2.24) is 4.98 Å². The molecule has 1 aromatic rings. The molecule has 3 N–H and O–H groups in total. The summed E-state index contributed by atoms with van der Waals surface area (Å²) in [6.07, 6.45) is 2.20. The van der Waals surface area contributed by atoms with Gasteiger partial charge in [-0.2, -0.15) is 0 Å². The molecule has 1 aromatic heterocycles. The molecule has 0 radical (unpaired) electrons. The highest BCUT2D eigenvalue weighted by molar-refractivity contribution is 8.76. The van der Waals surface area contributed by atoms with Crippen molar-refractivity contribution in [2.45, 2.75) is 17.5 Å². The SMILES string of the molecule is NC(CCSSc1ccccn1)C(=O)O. The Hall–Kier alpha value is -0.720. The van der Waals surface area contributed by atoms with Crippen LogP contribution in [0.15, 0.2) is 29.4 Å². The van der Waals surface area contributed by atoms with E-state index in [9.17, 15) is 4.79 Å². The van der Waals surface area contributed by atoms with Crippen LogP contribution < -0.4 is 5.73 Å². The van der Waals surface area contributed by atoms with E-state index in [0.29, 0.717) is 12.2 Å². The van der Waals surface area contributed by atoms with E-state index in [2.05, 4.69) is 4.98 Å². The van der Waals surface area contributed by atoms with Crippen LogP contribution in [-0.4, -0.2) is 27.9 Å². The number of nitrogens with zero attached hydrogens (tertiary/aromatic N) is 1. The molecular weight excluding hydrogens is 232 g/mol. The number of rotatable bonds is 6. The van der Waals surface area contributed by atoms with Gasteiger partial charge in [0.1, 0.15) is 11.1 Å². The molecule has 4 nitrogen and oxygen atoms in total. The molecular formula is C9H12N2O2S2. The number of carbonyl (C=O) groups is 1. The normalized spacial score (nSPS) is 12.3. The molecule has 1 rings (SSSR count). The molecule has 0 saturated carbocycles. The lowest BCUT2D eigenvalue weighted by Crippen LogP contribution is -2.30. The molecule has 0 aliphatic carbocycles. The van der Waals surface area contributed by atoms with Gasteiger partial charge in [-0.15, -0.1) is 0 Å². The highest BCUT2D eigenvalue weighted by Gasteiger charge is 2.10. The van der Waals surface area contributed by atoms with Gasteiger partial charge in [-0.25, -0.2) is 4.98 Å². The van der Waals surface area contributed by atoms with Crippen molar-refractivity contribution < 1.29 is 9.90 Å². The van der Waals surface area contributed by atoms with E-state index >= 15 is 0 Å². The van der Waals surface area contributed by atoms with Crippen molar-refractivity contribution in [2.75, 3.05) is 5.75 Å². The van der Waals surface area contributed by atoms with Gasteiger partial charge in [0.2, 0.25) is 0 Å². The van der Waals surface area contributed by atoms with Gasteiger partial charge < -0.3 is 10.8 Å². The molecule has 1 heterocycles. The summed E-state index contributed by atoms with van der Waals surface area (Å²) >= 11 is 0. The topological polar surface area (TPSA) is 76.2 Å². The maximum atomic E-state index is 10.4. The van der Waals surface area contributed by atoms with Crippen LogP contribution in [0.25, 0.3) is 0 Å². The molecule has 0 aliphatic heterocycles. The molecule has 0 amide bonds. The van der Waals surface area contributed by atoms with Gasteiger partial charge in [0.15, 0.2) is 0 Å². The Morgan fingerprint density at radius 1 is 1.60 bits per heavy atom. The number of hydrogen-bond acceptors (Lipinski definition) is 5. The number of nitrogens with two attached hydrogens (primary N) is 1. The van der Waals surface area contributed by atoms with Gasteiger partial charge in [-0.05, 0) is 29.3 Å². The molecule has 15 heavy (non-hydrogen) atoms. The molecule has 0 aromatic carbocycles. The monoisotopic (exact) mass is 244 g/mol. The van der Waals surface area contributed by atoms with Crippen LogP contribution >= 0.6 is 21.6 Å². The summed E-state index contributed by atoms with van der Waals surface area (Å²) in [6.45, 7) is 0. The number of hydrogen-bond donors (Lipinski definition) is 2. The summed E-state index contributed by atoms with van der Waals surface area (Å²) in [5, 5.41) is 9.47. The first-order valence-electron chi connectivity index (χ1n) is 4.39. The number of carboxylic acid groups (broad SMARTS) is 1. The standard InChI is InChI=1S/C9H12N2O2S2/c10-7(9(12)13)4-6-14-15-8-3-1-2-5-11-8/h1-3,5,7H,4,6,10H2,(H,12,13). The maximum absolute atomic E-state index is 10.4.